The largest absolute Gasteiger partial charge is 0 e. The van der Waals surface area contributed by atoms with Crippen molar-refractivity contribution in [2.24, 2.45) is 0 Å². The predicted molar refractivity (Wildman–Crippen MR) is 43.3 cm³/mol. The Morgan fingerprint density at radius 2 is 0.429 bits per heavy atom. The third-order valence-electron chi connectivity index (χ3n) is 0. The van der Waals surface area contributed by atoms with Crippen LogP contribution in [0.15, 0.2) is 0 Å². The SMILES string of the molecule is Cl.Cl.Cl.Cl.[KH].[KH].[Pd]. The van der Waals surface area contributed by atoms with Gasteiger partial charge in [0.25, 0.3) is 0 Å². The van der Waals surface area contributed by atoms with Crippen molar-refractivity contribution in [3.63, 3.8) is 0 Å². The van der Waals surface area contributed by atoms with Gasteiger partial charge in [0.1, 0.15) is 0 Å². The third-order valence-corrected chi connectivity index (χ3v) is 0. The molecule has 0 bridgehead atoms. The molecule has 0 aliphatic rings. The van der Waals surface area contributed by atoms with Crippen molar-refractivity contribution >= 4 is 152 Å². The standard InChI is InChI=1S/4ClH.2K.Pd.2H/h4*1H;;;;;. The van der Waals surface area contributed by atoms with Gasteiger partial charge < -0.3 is 0 Å². The van der Waals surface area contributed by atoms with Crippen LogP contribution in [0.5, 0.6) is 0 Å². The molecule has 0 radical (unpaired) electrons. The van der Waals surface area contributed by atoms with Gasteiger partial charge in [-0.1, -0.05) is 0 Å². The molecule has 7 heavy (non-hydrogen) atoms. The van der Waals surface area contributed by atoms with Gasteiger partial charge in [0.2, 0.25) is 0 Å². The van der Waals surface area contributed by atoms with E-state index in [4.69, 9.17) is 0 Å². The Morgan fingerprint density at radius 3 is 0.429 bits per heavy atom. The van der Waals surface area contributed by atoms with E-state index in [1.165, 1.54) is 0 Å². The van der Waals surface area contributed by atoms with E-state index in [-0.39, 0.29) is 173 Å². The van der Waals surface area contributed by atoms with Gasteiger partial charge in [0.15, 0.2) is 0 Å². The van der Waals surface area contributed by atoms with Gasteiger partial charge in [-0.2, -0.15) is 0 Å². The molecule has 0 rings (SSSR count). The van der Waals surface area contributed by atoms with Crippen LogP contribution in [0.4, 0.5) is 0 Å². The molecule has 0 saturated heterocycles. The molecule has 0 aromatic heterocycles. The Labute approximate surface area is 168 Å². The number of halogens is 4. The first-order valence-corrected chi connectivity index (χ1v) is 0. The van der Waals surface area contributed by atoms with Gasteiger partial charge in [0, 0.05) is 20.4 Å². The average Bonchev–Trinajstić information content (AvgIpc) is 0. The zero-order valence-corrected chi connectivity index (χ0v) is 6.77. The summed E-state index contributed by atoms with van der Waals surface area (Å²) in [4.78, 5) is 0. The zero-order valence-electron chi connectivity index (χ0n) is 1.95. The smallest absolute Gasteiger partial charge is 0 e. The minimum atomic E-state index is 0. The molecular formula is H6Cl4K2Pd. The molecule has 0 saturated carbocycles. The van der Waals surface area contributed by atoms with E-state index in [9.17, 15) is 0 Å². The average molecular weight is 332 g/mol. The quantitative estimate of drug-likeness (QED) is 0.563. The monoisotopic (exact) mass is 330 g/mol. The van der Waals surface area contributed by atoms with Crippen molar-refractivity contribution in [2.45, 2.75) is 0 Å². The van der Waals surface area contributed by atoms with Crippen LogP contribution in [-0.2, 0) is 20.4 Å². The molecule has 0 spiro atoms. The molecule has 7 heteroatoms. The summed E-state index contributed by atoms with van der Waals surface area (Å²) < 4.78 is 0. The second-order valence-corrected chi connectivity index (χ2v) is 0. The minimum absolute atomic E-state index is 0. The summed E-state index contributed by atoms with van der Waals surface area (Å²) in [5, 5.41) is 0. The molecule has 0 nitrogen and oxygen atoms in total. The maximum Gasteiger partial charge on any atom is 0 e. The van der Waals surface area contributed by atoms with E-state index >= 15 is 0 Å². The fourth-order valence-electron chi connectivity index (χ4n) is 0. The fraction of sp³-hybridized carbons (Fsp3) is 0. The van der Waals surface area contributed by atoms with E-state index in [1.54, 1.807) is 0 Å². The molecule has 0 fully saturated rings. The molecule has 0 unspecified atom stereocenters. The van der Waals surface area contributed by atoms with Crippen LogP contribution in [0.2, 0.25) is 0 Å². The van der Waals surface area contributed by atoms with E-state index in [0.717, 1.165) is 0 Å². The molecular weight excluding hydrogens is 326 g/mol. The van der Waals surface area contributed by atoms with Crippen LogP contribution in [0.3, 0.4) is 0 Å². The predicted octanol–water partition coefficient (Wildman–Crippen LogP) is 0.388. The van der Waals surface area contributed by atoms with Crippen LogP contribution in [0, 0.1) is 0 Å². The van der Waals surface area contributed by atoms with Crippen LogP contribution in [0.1, 0.15) is 0 Å². The molecule has 0 aromatic carbocycles. The zero-order chi connectivity index (χ0) is 0. The Bertz CT molecular complexity index is 9.65. The summed E-state index contributed by atoms with van der Waals surface area (Å²) in [6, 6.07) is 0. The van der Waals surface area contributed by atoms with Crippen LogP contribution < -0.4 is 0 Å². The summed E-state index contributed by atoms with van der Waals surface area (Å²) in [5.41, 5.74) is 0. The Balaban J connectivity index is 0. The number of hydrogen-bond acceptors (Lipinski definition) is 0. The number of hydrogen-bond donors (Lipinski definition) is 0. The van der Waals surface area contributed by atoms with Crippen LogP contribution in [0.25, 0.3) is 0 Å². The Kier molecular flexibility index (Phi) is 357. The van der Waals surface area contributed by atoms with Gasteiger partial charge in [-0.25, -0.2) is 0 Å². The van der Waals surface area contributed by atoms with Crippen molar-refractivity contribution in [2.75, 3.05) is 0 Å². The first kappa shape index (κ1) is 57.4. The second kappa shape index (κ2) is 43.6. The summed E-state index contributed by atoms with van der Waals surface area (Å²) >= 11 is 0. The number of rotatable bonds is 0. The van der Waals surface area contributed by atoms with Gasteiger partial charge in [-0.15, -0.1) is 49.6 Å². The first-order valence-electron chi connectivity index (χ1n) is 0. The van der Waals surface area contributed by atoms with E-state index < -0.39 is 0 Å². The molecule has 0 atom stereocenters. The molecule has 0 aromatic rings. The molecule has 0 aliphatic heterocycles. The molecule has 46 valence electrons. The normalized spacial score (nSPS) is 0. The van der Waals surface area contributed by atoms with Gasteiger partial charge in [0.05, 0.1) is 0 Å². The molecule has 0 amide bonds. The van der Waals surface area contributed by atoms with Gasteiger partial charge >= 0.3 is 103 Å². The van der Waals surface area contributed by atoms with Crippen molar-refractivity contribution in [3.8, 4) is 0 Å². The van der Waals surface area contributed by atoms with E-state index in [0.29, 0.717) is 0 Å². The summed E-state index contributed by atoms with van der Waals surface area (Å²) in [5.74, 6) is 0. The maximum absolute atomic E-state index is 0. The Morgan fingerprint density at radius 1 is 0.429 bits per heavy atom. The Hall–Kier alpha value is 5.10. The van der Waals surface area contributed by atoms with Crippen molar-refractivity contribution in [1.29, 1.82) is 0 Å². The van der Waals surface area contributed by atoms with E-state index in [2.05, 4.69) is 0 Å². The van der Waals surface area contributed by atoms with Crippen molar-refractivity contribution < 1.29 is 20.4 Å². The summed E-state index contributed by atoms with van der Waals surface area (Å²) in [7, 11) is 0. The third kappa shape index (κ3) is 35.4. The topological polar surface area (TPSA) is 0 Å². The van der Waals surface area contributed by atoms with Crippen LogP contribution >= 0.6 is 49.6 Å². The second-order valence-electron chi connectivity index (χ2n) is 0. The summed E-state index contributed by atoms with van der Waals surface area (Å²) in [6.45, 7) is 0. The van der Waals surface area contributed by atoms with Gasteiger partial charge in [-0.3, -0.25) is 0 Å². The van der Waals surface area contributed by atoms with Gasteiger partial charge in [-0.05, 0) is 0 Å². The molecule has 0 aliphatic carbocycles. The summed E-state index contributed by atoms with van der Waals surface area (Å²) in [6.07, 6.45) is 0. The minimum Gasteiger partial charge on any atom is 0 e. The van der Waals surface area contributed by atoms with Crippen molar-refractivity contribution in [3.05, 3.63) is 0 Å². The first-order chi connectivity index (χ1) is 0. The van der Waals surface area contributed by atoms with E-state index in [1.807, 2.05) is 0 Å². The molecule has 0 heterocycles. The molecule has 0 N–H and O–H groups in total. The fourth-order valence-corrected chi connectivity index (χ4v) is 0. The maximum atomic E-state index is 0. The van der Waals surface area contributed by atoms with Crippen molar-refractivity contribution in [1.82, 2.24) is 0 Å². The van der Waals surface area contributed by atoms with Crippen LogP contribution in [-0.4, -0.2) is 103 Å².